The lowest BCUT2D eigenvalue weighted by Gasteiger charge is -2.14. The zero-order valence-corrected chi connectivity index (χ0v) is 12.4. The lowest BCUT2D eigenvalue weighted by Crippen LogP contribution is -1.96. The van der Waals surface area contributed by atoms with E-state index in [1.54, 1.807) is 7.11 Å². The molecule has 1 N–H and O–H groups in total. The van der Waals surface area contributed by atoms with Crippen LogP contribution in [0.25, 0.3) is 11.3 Å². The first-order chi connectivity index (χ1) is 9.58. The highest BCUT2D eigenvalue weighted by Crippen LogP contribution is 2.33. The number of benzene rings is 1. The van der Waals surface area contributed by atoms with Crippen molar-refractivity contribution in [2.75, 3.05) is 7.11 Å². The second-order valence-corrected chi connectivity index (χ2v) is 4.93. The average molecular weight is 269 g/mol. The fraction of sp³-hybridized carbons (Fsp3) is 0.375. The number of aromatic nitrogens is 2. The molecule has 4 heteroatoms. The lowest BCUT2D eigenvalue weighted by molar-refractivity contribution is 0.408. The second-order valence-electron chi connectivity index (χ2n) is 4.93. The minimum Gasteiger partial charge on any atom is -0.496 e. The number of aryl methyl sites for hydroxylation is 2. The Morgan fingerprint density at radius 2 is 2.05 bits per heavy atom. The molecular weight excluding hydrogens is 250 g/mol. The maximum absolute atomic E-state index is 8.62. The molecule has 0 atom stereocenters. The van der Waals surface area contributed by atoms with Crippen molar-refractivity contribution < 1.29 is 4.74 Å². The largest absolute Gasteiger partial charge is 0.496 e. The molecule has 0 unspecified atom stereocenters. The predicted molar refractivity (Wildman–Crippen MR) is 78.7 cm³/mol. The normalized spacial score (nSPS) is 10.3. The van der Waals surface area contributed by atoms with E-state index in [9.17, 15) is 0 Å². The summed E-state index contributed by atoms with van der Waals surface area (Å²) >= 11 is 0. The van der Waals surface area contributed by atoms with Crippen LogP contribution in [0.2, 0.25) is 0 Å². The molecule has 0 bridgehead atoms. The first kappa shape index (κ1) is 14.1. The summed E-state index contributed by atoms with van der Waals surface area (Å²) in [6.45, 7) is 6.20. The Morgan fingerprint density at radius 1 is 1.30 bits per heavy atom. The molecule has 1 heterocycles. The Hall–Kier alpha value is -2.28. The van der Waals surface area contributed by atoms with Crippen molar-refractivity contribution in [2.24, 2.45) is 0 Å². The molecule has 4 nitrogen and oxygen atoms in total. The first-order valence-electron chi connectivity index (χ1n) is 6.64. The van der Waals surface area contributed by atoms with Gasteiger partial charge in [0.15, 0.2) is 0 Å². The molecule has 0 spiro atoms. The molecular formula is C16H19N3O. The van der Waals surface area contributed by atoms with Gasteiger partial charge in [-0.2, -0.15) is 5.26 Å². The number of imidazole rings is 1. The van der Waals surface area contributed by atoms with Crippen LogP contribution in [-0.4, -0.2) is 17.1 Å². The van der Waals surface area contributed by atoms with E-state index in [1.807, 2.05) is 13.1 Å². The maximum atomic E-state index is 8.62. The third kappa shape index (κ3) is 2.53. The number of hydrogen-bond donors (Lipinski definition) is 1. The van der Waals surface area contributed by atoms with Gasteiger partial charge in [-0.1, -0.05) is 0 Å². The number of nitrogens with zero attached hydrogens (tertiary/aromatic N) is 2. The molecule has 0 aliphatic carbocycles. The molecule has 0 fully saturated rings. The van der Waals surface area contributed by atoms with Crippen LogP contribution in [0, 0.1) is 32.1 Å². The zero-order valence-electron chi connectivity index (χ0n) is 12.4. The SMILES string of the molecule is COc1c(C)cc(-c2cnc(CCC#N)[nH]2)c(C)c1C. The van der Waals surface area contributed by atoms with Crippen LogP contribution < -0.4 is 4.74 Å². The average Bonchev–Trinajstić information content (AvgIpc) is 2.89. The maximum Gasteiger partial charge on any atom is 0.124 e. The number of ether oxygens (including phenoxy) is 1. The molecule has 0 aliphatic rings. The monoisotopic (exact) mass is 269 g/mol. The summed E-state index contributed by atoms with van der Waals surface area (Å²) in [4.78, 5) is 7.63. The van der Waals surface area contributed by atoms with E-state index in [0.29, 0.717) is 12.8 Å². The van der Waals surface area contributed by atoms with Crippen LogP contribution in [0.1, 0.15) is 28.9 Å². The zero-order chi connectivity index (χ0) is 14.7. The Labute approximate surface area is 119 Å². The van der Waals surface area contributed by atoms with Crippen molar-refractivity contribution in [1.29, 1.82) is 5.26 Å². The van der Waals surface area contributed by atoms with E-state index >= 15 is 0 Å². The van der Waals surface area contributed by atoms with Crippen molar-refractivity contribution in [2.45, 2.75) is 33.6 Å². The van der Waals surface area contributed by atoms with Crippen molar-refractivity contribution in [1.82, 2.24) is 9.97 Å². The molecule has 0 radical (unpaired) electrons. The van der Waals surface area contributed by atoms with Gasteiger partial charge in [-0.3, -0.25) is 0 Å². The Morgan fingerprint density at radius 3 is 2.70 bits per heavy atom. The molecule has 0 saturated heterocycles. The van der Waals surface area contributed by atoms with Gasteiger partial charge in [0.1, 0.15) is 11.6 Å². The van der Waals surface area contributed by atoms with Gasteiger partial charge in [-0.15, -0.1) is 0 Å². The van der Waals surface area contributed by atoms with Gasteiger partial charge in [-0.05, 0) is 43.5 Å². The lowest BCUT2D eigenvalue weighted by atomic mass is 9.97. The number of H-pyrrole nitrogens is 1. The fourth-order valence-electron chi connectivity index (χ4n) is 2.45. The predicted octanol–water partition coefficient (Wildman–Crippen LogP) is 3.47. The summed E-state index contributed by atoms with van der Waals surface area (Å²) in [6, 6.07) is 4.25. The van der Waals surface area contributed by atoms with E-state index in [1.165, 1.54) is 5.56 Å². The Balaban J connectivity index is 2.43. The van der Waals surface area contributed by atoms with Gasteiger partial charge in [0.2, 0.25) is 0 Å². The van der Waals surface area contributed by atoms with Crippen molar-refractivity contribution in [3.05, 3.63) is 34.8 Å². The quantitative estimate of drug-likeness (QED) is 0.924. The van der Waals surface area contributed by atoms with E-state index in [0.717, 1.165) is 34.0 Å². The van der Waals surface area contributed by atoms with Gasteiger partial charge in [0, 0.05) is 18.4 Å². The molecule has 20 heavy (non-hydrogen) atoms. The Bertz CT molecular complexity index is 665. The summed E-state index contributed by atoms with van der Waals surface area (Å²) in [6.07, 6.45) is 2.97. The molecule has 2 rings (SSSR count). The molecule has 0 amide bonds. The van der Waals surface area contributed by atoms with Crippen molar-refractivity contribution in [3.8, 4) is 23.1 Å². The van der Waals surface area contributed by atoms with Crippen molar-refractivity contribution in [3.63, 3.8) is 0 Å². The Kier molecular flexibility index (Phi) is 4.09. The molecule has 0 saturated carbocycles. The van der Waals surface area contributed by atoms with Gasteiger partial charge in [-0.25, -0.2) is 4.98 Å². The molecule has 1 aromatic carbocycles. The van der Waals surface area contributed by atoms with Crippen molar-refractivity contribution >= 4 is 0 Å². The van der Waals surface area contributed by atoms with Crippen LogP contribution in [0.4, 0.5) is 0 Å². The van der Waals surface area contributed by atoms with Gasteiger partial charge in [0.05, 0.1) is 25.1 Å². The van der Waals surface area contributed by atoms with Crippen LogP contribution in [0.5, 0.6) is 5.75 Å². The van der Waals surface area contributed by atoms with Gasteiger partial charge >= 0.3 is 0 Å². The summed E-state index contributed by atoms with van der Waals surface area (Å²) in [5, 5.41) is 8.62. The van der Waals surface area contributed by atoms with E-state index in [2.05, 4.69) is 36.0 Å². The molecule has 0 aliphatic heterocycles. The topological polar surface area (TPSA) is 61.7 Å². The summed E-state index contributed by atoms with van der Waals surface area (Å²) in [5.74, 6) is 1.79. The number of methoxy groups -OCH3 is 1. The van der Waals surface area contributed by atoms with Gasteiger partial charge in [0.25, 0.3) is 0 Å². The minimum absolute atomic E-state index is 0.479. The molecule has 104 valence electrons. The highest BCUT2D eigenvalue weighted by Gasteiger charge is 2.13. The second kappa shape index (κ2) is 5.79. The third-order valence-electron chi connectivity index (χ3n) is 3.62. The number of hydrogen-bond acceptors (Lipinski definition) is 3. The standard InChI is InChI=1S/C16H19N3O/c1-10-8-13(11(2)12(3)16(10)20-4)14-9-18-15(19-14)6-5-7-17/h8-9H,5-6H2,1-4H3,(H,18,19). The minimum atomic E-state index is 0.479. The van der Waals surface area contributed by atoms with Crippen LogP contribution in [-0.2, 0) is 6.42 Å². The highest BCUT2D eigenvalue weighted by atomic mass is 16.5. The number of rotatable bonds is 4. The van der Waals surface area contributed by atoms with Crippen LogP contribution >= 0.6 is 0 Å². The van der Waals surface area contributed by atoms with Crippen LogP contribution in [0.3, 0.4) is 0 Å². The summed E-state index contributed by atoms with van der Waals surface area (Å²) in [5.41, 5.74) is 5.57. The molecule has 2 aromatic rings. The first-order valence-corrected chi connectivity index (χ1v) is 6.64. The highest BCUT2D eigenvalue weighted by molar-refractivity contribution is 5.68. The smallest absolute Gasteiger partial charge is 0.124 e. The summed E-state index contributed by atoms with van der Waals surface area (Å²) < 4.78 is 5.44. The molecule has 1 aromatic heterocycles. The van der Waals surface area contributed by atoms with Crippen LogP contribution in [0.15, 0.2) is 12.3 Å². The number of nitriles is 1. The number of nitrogens with one attached hydrogen (secondary N) is 1. The van der Waals surface area contributed by atoms with E-state index in [4.69, 9.17) is 10.00 Å². The number of aromatic amines is 1. The third-order valence-corrected chi connectivity index (χ3v) is 3.62. The van der Waals surface area contributed by atoms with E-state index < -0.39 is 0 Å². The fourth-order valence-corrected chi connectivity index (χ4v) is 2.45. The van der Waals surface area contributed by atoms with E-state index in [-0.39, 0.29) is 0 Å². The van der Waals surface area contributed by atoms with Gasteiger partial charge < -0.3 is 9.72 Å². The summed E-state index contributed by atoms with van der Waals surface area (Å²) in [7, 11) is 1.70.